The second kappa shape index (κ2) is 9.10. The van der Waals surface area contributed by atoms with Gasteiger partial charge in [-0.3, -0.25) is 4.72 Å². The van der Waals surface area contributed by atoms with E-state index in [0.29, 0.717) is 24.9 Å². The molecule has 1 heterocycles. The van der Waals surface area contributed by atoms with Crippen molar-refractivity contribution < 1.29 is 36.2 Å². The number of benzene rings is 2. The molecule has 34 heavy (non-hydrogen) atoms. The molecule has 11 heteroatoms. The molecule has 2 aromatic rings. The van der Waals surface area contributed by atoms with E-state index in [2.05, 4.69) is 4.72 Å². The van der Waals surface area contributed by atoms with Crippen LogP contribution in [0.15, 0.2) is 41.3 Å². The lowest BCUT2D eigenvalue weighted by molar-refractivity contribution is -0.137. The zero-order valence-corrected chi connectivity index (χ0v) is 19.2. The molecular weight excluding hydrogens is 473 g/mol. The van der Waals surface area contributed by atoms with Gasteiger partial charge < -0.3 is 14.7 Å². The highest BCUT2D eigenvalue weighted by Crippen LogP contribution is 2.44. The van der Waals surface area contributed by atoms with Crippen LogP contribution in [0.5, 0.6) is 0 Å². The molecule has 1 atom stereocenters. The van der Waals surface area contributed by atoms with Crippen LogP contribution in [0.2, 0.25) is 0 Å². The Labute approximate surface area is 195 Å². The maximum atomic E-state index is 13.5. The summed E-state index contributed by atoms with van der Waals surface area (Å²) < 4.78 is 74.3. The molecule has 184 valence electrons. The summed E-state index contributed by atoms with van der Waals surface area (Å²) in [5.74, 6) is -0.725. The van der Waals surface area contributed by atoms with Crippen molar-refractivity contribution in [1.29, 1.82) is 0 Å². The molecule has 2 aliphatic rings. The normalized spacial score (nSPS) is 19.1. The van der Waals surface area contributed by atoms with Gasteiger partial charge in [0.25, 0.3) is 10.0 Å². The highest BCUT2D eigenvalue weighted by atomic mass is 32.2. The van der Waals surface area contributed by atoms with Crippen molar-refractivity contribution in [2.75, 3.05) is 29.8 Å². The van der Waals surface area contributed by atoms with E-state index in [0.717, 1.165) is 25.0 Å². The number of aliphatic hydroxyl groups is 1. The van der Waals surface area contributed by atoms with Gasteiger partial charge in [0.05, 0.1) is 40.6 Å². The van der Waals surface area contributed by atoms with E-state index < -0.39 is 33.8 Å². The smallest absolute Gasteiger partial charge is 0.416 e. The third kappa shape index (κ3) is 5.15. The second-order valence-corrected chi connectivity index (χ2v) is 10.2. The fraction of sp³-hybridized carbons (Fsp3) is 0.435. The van der Waals surface area contributed by atoms with Crippen LogP contribution in [0.4, 0.5) is 24.5 Å². The number of anilines is 2. The predicted octanol–water partition coefficient (Wildman–Crippen LogP) is 4.13. The molecule has 4 rings (SSSR count). The van der Waals surface area contributed by atoms with Crippen molar-refractivity contribution in [3.05, 3.63) is 53.1 Å². The lowest BCUT2D eigenvalue weighted by Gasteiger charge is -2.33. The Balaban J connectivity index is 1.78. The summed E-state index contributed by atoms with van der Waals surface area (Å²) >= 11 is 0. The average molecular weight is 499 g/mol. The molecule has 0 bridgehead atoms. The number of aliphatic hydroxyl groups excluding tert-OH is 1. The van der Waals surface area contributed by atoms with Gasteiger partial charge in [0.15, 0.2) is 0 Å². The first kappa shape index (κ1) is 24.3. The van der Waals surface area contributed by atoms with Crippen LogP contribution in [0.3, 0.4) is 0 Å². The Morgan fingerprint density at radius 1 is 1.15 bits per heavy atom. The van der Waals surface area contributed by atoms with E-state index in [4.69, 9.17) is 4.74 Å². The largest absolute Gasteiger partial charge is 0.465 e. The van der Waals surface area contributed by atoms with Gasteiger partial charge in [0.2, 0.25) is 0 Å². The van der Waals surface area contributed by atoms with Crippen molar-refractivity contribution in [3.8, 4) is 0 Å². The zero-order chi connectivity index (χ0) is 24.7. The third-order valence-electron chi connectivity index (χ3n) is 6.05. The first-order chi connectivity index (χ1) is 16.0. The Bertz CT molecular complexity index is 1200. The van der Waals surface area contributed by atoms with Crippen molar-refractivity contribution in [2.45, 2.75) is 48.8 Å². The van der Waals surface area contributed by atoms with Gasteiger partial charge in [-0.1, -0.05) is 6.07 Å². The summed E-state index contributed by atoms with van der Waals surface area (Å²) in [7, 11) is -3.19. The molecule has 0 aromatic heterocycles. The van der Waals surface area contributed by atoms with E-state index >= 15 is 0 Å². The quantitative estimate of drug-likeness (QED) is 0.582. The number of esters is 1. The van der Waals surface area contributed by atoms with Gasteiger partial charge in [0.1, 0.15) is 0 Å². The van der Waals surface area contributed by atoms with E-state index in [1.165, 1.54) is 25.3 Å². The molecule has 1 saturated heterocycles. The number of nitrogens with zero attached hydrogens (tertiary/aromatic N) is 1. The number of nitrogens with one attached hydrogen (secondary N) is 1. The van der Waals surface area contributed by atoms with Crippen molar-refractivity contribution in [3.63, 3.8) is 0 Å². The topological polar surface area (TPSA) is 95.9 Å². The van der Waals surface area contributed by atoms with Gasteiger partial charge in [-0.2, -0.15) is 13.2 Å². The molecule has 1 aliphatic carbocycles. The number of ether oxygens (including phenoxy) is 1. The SMILES string of the molecule is COC(=O)c1ccc(C2CC2)c(S(=O)(=O)Nc2cc(C(F)(F)F)ccc2N2CCCC(O)C2)c1. The maximum Gasteiger partial charge on any atom is 0.416 e. The average Bonchev–Trinajstić information content (AvgIpc) is 3.62. The Hall–Kier alpha value is -2.79. The highest BCUT2D eigenvalue weighted by molar-refractivity contribution is 7.92. The number of rotatable bonds is 6. The summed E-state index contributed by atoms with van der Waals surface area (Å²) in [6.07, 6.45) is -2.62. The highest BCUT2D eigenvalue weighted by Gasteiger charge is 2.34. The molecular formula is C23H25F3N2O5S. The fourth-order valence-electron chi connectivity index (χ4n) is 4.19. The number of hydrogen-bond acceptors (Lipinski definition) is 6. The van der Waals surface area contributed by atoms with Crippen LogP contribution in [0.1, 0.15) is 53.1 Å². The molecule has 1 saturated carbocycles. The first-order valence-electron chi connectivity index (χ1n) is 10.9. The minimum Gasteiger partial charge on any atom is -0.465 e. The monoisotopic (exact) mass is 498 g/mol. The lowest BCUT2D eigenvalue weighted by atomic mass is 10.1. The molecule has 0 amide bonds. The van der Waals surface area contributed by atoms with Gasteiger partial charge in [-0.25, -0.2) is 13.2 Å². The number of piperidine rings is 1. The van der Waals surface area contributed by atoms with Crippen molar-refractivity contribution in [1.82, 2.24) is 0 Å². The number of carbonyl (C=O) groups is 1. The van der Waals surface area contributed by atoms with E-state index in [1.54, 1.807) is 11.0 Å². The minimum atomic E-state index is -4.68. The van der Waals surface area contributed by atoms with Crippen molar-refractivity contribution >= 4 is 27.4 Å². The van der Waals surface area contributed by atoms with Crippen LogP contribution in [-0.4, -0.2) is 45.8 Å². The van der Waals surface area contributed by atoms with Gasteiger partial charge in [-0.05, 0) is 67.5 Å². The molecule has 0 radical (unpaired) electrons. The first-order valence-corrected chi connectivity index (χ1v) is 12.4. The molecule has 1 aliphatic heterocycles. The summed E-state index contributed by atoms with van der Waals surface area (Å²) in [6, 6.07) is 7.08. The predicted molar refractivity (Wildman–Crippen MR) is 119 cm³/mol. The molecule has 2 N–H and O–H groups in total. The van der Waals surface area contributed by atoms with E-state index in [1.807, 2.05) is 0 Å². The molecule has 1 unspecified atom stereocenters. The number of sulfonamides is 1. The van der Waals surface area contributed by atoms with Crippen LogP contribution in [-0.2, 0) is 20.9 Å². The Morgan fingerprint density at radius 3 is 2.50 bits per heavy atom. The van der Waals surface area contributed by atoms with Crippen LogP contribution >= 0.6 is 0 Å². The summed E-state index contributed by atoms with van der Waals surface area (Å²) in [5.41, 5.74) is -0.475. The standard InChI is InChI=1S/C23H25F3N2O5S/c1-33-22(30)15-6-8-18(14-4-5-14)21(11-15)34(31,32)27-19-12-16(23(24,25)26)7-9-20(19)28-10-2-3-17(29)13-28/h6-9,11-12,14,17,27,29H,2-5,10,13H2,1H3. The number of alkyl halides is 3. The van der Waals surface area contributed by atoms with Crippen LogP contribution in [0, 0.1) is 0 Å². The van der Waals surface area contributed by atoms with Crippen LogP contribution in [0.25, 0.3) is 0 Å². The van der Waals surface area contributed by atoms with Gasteiger partial charge in [0, 0.05) is 13.1 Å². The van der Waals surface area contributed by atoms with E-state index in [9.17, 15) is 31.5 Å². The molecule has 7 nitrogen and oxygen atoms in total. The summed E-state index contributed by atoms with van der Waals surface area (Å²) in [4.78, 5) is 13.5. The molecule has 2 aromatic carbocycles. The van der Waals surface area contributed by atoms with E-state index in [-0.39, 0.29) is 34.3 Å². The summed E-state index contributed by atoms with van der Waals surface area (Å²) in [5, 5.41) is 10.0. The third-order valence-corrected chi connectivity index (χ3v) is 7.47. The van der Waals surface area contributed by atoms with Crippen molar-refractivity contribution in [2.24, 2.45) is 0 Å². The summed E-state index contributed by atoms with van der Waals surface area (Å²) in [6.45, 7) is 0.632. The minimum absolute atomic E-state index is 0.00325. The molecule has 0 spiro atoms. The second-order valence-electron chi connectivity index (χ2n) is 8.60. The number of methoxy groups -OCH3 is 1. The number of β-amino-alcohol motifs (C(OH)–C–C–N with tert-alkyl or cyclic N) is 1. The lowest BCUT2D eigenvalue weighted by Crippen LogP contribution is -2.38. The maximum absolute atomic E-state index is 13.5. The zero-order valence-electron chi connectivity index (χ0n) is 18.4. The Morgan fingerprint density at radius 2 is 1.88 bits per heavy atom. The van der Waals surface area contributed by atoms with Crippen LogP contribution < -0.4 is 9.62 Å². The number of hydrogen-bond donors (Lipinski definition) is 2. The Kier molecular flexibility index (Phi) is 6.52. The van der Waals surface area contributed by atoms with Gasteiger partial charge in [-0.15, -0.1) is 0 Å². The molecule has 2 fully saturated rings. The number of halogens is 3. The fourth-order valence-corrected chi connectivity index (χ4v) is 5.58. The number of carbonyl (C=O) groups excluding carboxylic acids is 1. The van der Waals surface area contributed by atoms with Gasteiger partial charge >= 0.3 is 12.1 Å².